The Morgan fingerprint density at radius 3 is 2.74 bits per heavy atom. The van der Waals surface area contributed by atoms with E-state index in [1.165, 1.54) is 0 Å². The van der Waals surface area contributed by atoms with Crippen molar-refractivity contribution >= 4 is 21.8 Å². The van der Waals surface area contributed by atoms with Gasteiger partial charge in [0.2, 0.25) is 0 Å². The minimum Gasteiger partial charge on any atom is -0.351 e. The lowest BCUT2D eigenvalue weighted by Crippen LogP contribution is -2.43. The van der Waals surface area contributed by atoms with Gasteiger partial charge in [0, 0.05) is 16.6 Å². The normalized spacial score (nSPS) is 19.1. The van der Waals surface area contributed by atoms with Crippen molar-refractivity contribution in [3.05, 3.63) is 34.3 Å². The first kappa shape index (κ1) is 14.5. The number of hydrogen-bond acceptors (Lipinski definition) is 2. The fourth-order valence-corrected chi connectivity index (χ4v) is 2.76. The molecule has 1 amide bonds. The van der Waals surface area contributed by atoms with Crippen molar-refractivity contribution in [2.75, 3.05) is 26.7 Å². The summed E-state index contributed by atoms with van der Waals surface area (Å²) in [5.74, 6) is 0.0152. The number of carbonyl (C=O) groups excluding carboxylic acids is 1. The molecule has 0 bridgehead atoms. The van der Waals surface area contributed by atoms with Crippen LogP contribution in [-0.4, -0.2) is 37.5 Å². The summed E-state index contributed by atoms with van der Waals surface area (Å²) in [6, 6.07) is 7.51. The van der Waals surface area contributed by atoms with E-state index in [-0.39, 0.29) is 11.3 Å². The number of likely N-dealkylation sites (tertiary alicyclic amines) is 1. The Morgan fingerprint density at radius 2 is 2.11 bits per heavy atom. The van der Waals surface area contributed by atoms with Gasteiger partial charge in [0.15, 0.2) is 0 Å². The summed E-state index contributed by atoms with van der Waals surface area (Å²) in [7, 11) is 2.15. The van der Waals surface area contributed by atoms with Crippen LogP contribution in [0.5, 0.6) is 0 Å². The molecule has 1 aliphatic heterocycles. The Labute approximate surface area is 123 Å². The third kappa shape index (κ3) is 4.05. The number of benzene rings is 1. The van der Waals surface area contributed by atoms with Crippen LogP contribution in [0.2, 0.25) is 0 Å². The summed E-state index contributed by atoms with van der Waals surface area (Å²) >= 11 is 3.39. The summed E-state index contributed by atoms with van der Waals surface area (Å²) in [5.41, 5.74) is 0.944. The van der Waals surface area contributed by atoms with Gasteiger partial charge in [-0.3, -0.25) is 4.79 Å². The number of nitrogens with zero attached hydrogens (tertiary/aromatic N) is 1. The minimum absolute atomic E-state index is 0.0152. The SMILES string of the molecule is CN1CCC(C)(CNC(=O)c2cccc(Br)c2)CC1. The van der Waals surface area contributed by atoms with E-state index in [0.717, 1.165) is 36.9 Å². The smallest absolute Gasteiger partial charge is 0.251 e. The van der Waals surface area contributed by atoms with Crippen LogP contribution in [0, 0.1) is 5.41 Å². The van der Waals surface area contributed by atoms with E-state index in [0.29, 0.717) is 5.56 Å². The van der Waals surface area contributed by atoms with E-state index in [1.807, 2.05) is 24.3 Å². The average molecular weight is 325 g/mol. The van der Waals surface area contributed by atoms with Crippen LogP contribution in [0.3, 0.4) is 0 Å². The van der Waals surface area contributed by atoms with Gasteiger partial charge < -0.3 is 10.2 Å². The van der Waals surface area contributed by atoms with Crippen molar-refractivity contribution in [2.24, 2.45) is 5.41 Å². The Morgan fingerprint density at radius 1 is 1.42 bits per heavy atom. The second kappa shape index (κ2) is 6.06. The molecular weight excluding hydrogens is 304 g/mol. The molecule has 0 aromatic heterocycles. The second-order valence-electron chi connectivity index (χ2n) is 5.81. The van der Waals surface area contributed by atoms with Crippen LogP contribution < -0.4 is 5.32 Å². The molecule has 1 heterocycles. The van der Waals surface area contributed by atoms with Crippen LogP contribution in [0.1, 0.15) is 30.1 Å². The van der Waals surface area contributed by atoms with E-state index in [4.69, 9.17) is 0 Å². The van der Waals surface area contributed by atoms with E-state index in [1.54, 1.807) is 0 Å². The maximum atomic E-state index is 12.1. The van der Waals surface area contributed by atoms with Crippen LogP contribution in [0.15, 0.2) is 28.7 Å². The zero-order valence-electron chi connectivity index (χ0n) is 11.6. The van der Waals surface area contributed by atoms with Gasteiger partial charge in [0.1, 0.15) is 0 Å². The molecule has 2 rings (SSSR count). The zero-order valence-corrected chi connectivity index (χ0v) is 13.2. The number of rotatable bonds is 3. The molecule has 0 aliphatic carbocycles. The van der Waals surface area contributed by atoms with Crippen LogP contribution >= 0.6 is 15.9 Å². The molecule has 19 heavy (non-hydrogen) atoms. The lowest BCUT2D eigenvalue weighted by atomic mass is 9.80. The van der Waals surface area contributed by atoms with Crippen molar-refractivity contribution in [2.45, 2.75) is 19.8 Å². The third-order valence-electron chi connectivity index (χ3n) is 3.96. The number of nitrogens with one attached hydrogen (secondary N) is 1. The van der Waals surface area contributed by atoms with Crippen LogP contribution in [0.25, 0.3) is 0 Å². The predicted molar refractivity (Wildman–Crippen MR) is 81.3 cm³/mol. The van der Waals surface area contributed by atoms with Gasteiger partial charge in [-0.15, -0.1) is 0 Å². The van der Waals surface area contributed by atoms with Crippen molar-refractivity contribution < 1.29 is 4.79 Å². The fourth-order valence-electron chi connectivity index (χ4n) is 2.36. The molecule has 3 nitrogen and oxygen atoms in total. The topological polar surface area (TPSA) is 32.3 Å². The first-order valence-electron chi connectivity index (χ1n) is 6.71. The molecule has 4 heteroatoms. The summed E-state index contributed by atoms with van der Waals surface area (Å²) in [5, 5.41) is 3.07. The Kier molecular flexibility index (Phi) is 4.63. The van der Waals surface area contributed by atoms with Gasteiger partial charge in [-0.05, 0) is 56.6 Å². The number of amides is 1. The van der Waals surface area contributed by atoms with Crippen LogP contribution in [0.4, 0.5) is 0 Å². The molecule has 1 saturated heterocycles. The number of halogens is 1. The summed E-state index contributed by atoms with van der Waals surface area (Å²) < 4.78 is 0.936. The molecule has 1 fully saturated rings. The molecule has 0 unspecified atom stereocenters. The average Bonchev–Trinajstić information content (AvgIpc) is 2.40. The summed E-state index contributed by atoms with van der Waals surface area (Å²) in [6.45, 7) is 5.25. The van der Waals surface area contributed by atoms with Gasteiger partial charge in [-0.25, -0.2) is 0 Å². The standard InChI is InChI=1S/C15H21BrN2O/c1-15(6-8-18(2)9-7-15)11-17-14(19)12-4-3-5-13(16)10-12/h3-5,10H,6-9,11H2,1-2H3,(H,17,19). The van der Waals surface area contributed by atoms with Crippen LogP contribution in [-0.2, 0) is 0 Å². The summed E-state index contributed by atoms with van der Waals surface area (Å²) in [4.78, 5) is 14.4. The Balaban J connectivity index is 1.90. The molecule has 1 aromatic carbocycles. The van der Waals surface area contributed by atoms with Crippen molar-refractivity contribution in [3.8, 4) is 0 Å². The first-order chi connectivity index (χ1) is 8.98. The zero-order chi connectivity index (χ0) is 13.9. The van der Waals surface area contributed by atoms with Gasteiger partial charge in [0.05, 0.1) is 0 Å². The monoisotopic (exact) mass is 324 g/mol. The first-order valence-corrected chi connectivity index (χ1v) is 7.50. The molecule has 0 atom stereocenters. The van der Waals surface area contributed by atoms with Crippen molar-refractivity contribution in [3.63, 3.8) is 0 Å². The van der Waals surface area contributed by atoms with E-state index < -0.39 is 0 Å². The molecular formula is C15H21BrN2O. The lowest BCUT2D eigenvalue weighted by Gasteiger charge is -2.37. The lowest BCUT2D eigenvalue weighted by molar-refractivity contribution is 0.0891. The Hall–Kier alpha value is -0.870. The van der Waals surface area contributed by atoms with E-state index >= 15 is 0 Å². The van der Waals surface area contributed by atoms with Gasteiger partial charge in [-0.2, -0.15) is 0 Å². The number of piperidine rings is 1. The Bertz CT molecular complexity index is 453. The fraction of sp³-hybridized carbons (Fsp3) is 0.533. The van der Waals surface area contributed by atoms with Gasteiger partial charge >= 0.3 is 0 Å². The molecule has 1 N–H and O–H groups in total. The number of hydrogen-bond donors (Lipinski definition) is 1. The van der Waals surface area contributed by atoms with E-state index in [2.05, 4.69) is 40.1 Å². The highest BCUT2D eigenvalue weighted by atomic mass is 79.9. The second-order valence-corrected chi connectivity index (χ2v) is 6.72. The van der Waals surface area contributed by atoms with Crippen molar-refractivity contribution in [1.82, 2.24) is 10.2 Å². The molecule has 1 aliphatic rings. The highest BCUT2D eigenvalue weighted by Gasteiger charge is 2.29. The maximum absolute atomic E-state index is 12.1. The number of carbonyl (C=O) groups is 1. The largest absolute Gasteiger partial charge is 0.351 e. The third-order valence-corrected chi connectivity index (χ3v) is 4.45. The molecule has 0 saturated carbocycles. The van der Waals surface area contributed by atoms with E-state index in [9.17, 15) is 4.79 Å². The van der Waals surface area contributed by atoms with Gasteiger partial charge in [0.25, 0.3) is 5.91 Å². The highest BCUT2D eigenvalue weighted by molar-refractivity contribution is 9.10. The molecule has 1 aromatic rings. The van der Waals surface area contributed by atoms with Crippen molar-refractivity contribution in [1.29, 1.82) is 0 Å². The predicted octanol–water partition coefficient (Wildman–Crippen LogP) is 2.91. The minimum atomic E-state index is 0.0152. The molecule has 0 radical (unpaired) electrons. The maximum Gasteiger partial charge on any atom is 0.251 e. The van der Waals surface area contributed by atoms with Gasteiger partial charge in [-0.1, -0.05) is 28.9 Å². The summed E-state index contributed by atoms with van der Waals surface area (Å²) in [6.07, 6.45) is 2.28. The quantitative estimate of drug-likeness (QED) is 0.927. The molecule has 104 valence electrons. The molecule has 0 spiro atoms. The highest BCUT2D eigenvalue weighted by Crippen LogP contribution is 2.29.